The summed E-state index contributed by atoms with van der Waals surface area (Å²) in [4.78, 5) is 8.94. The predicted molar refractivity (Wildman–Crippen MR) is 131 cm³/mol. The molecule has 30 heavy (non-hydrogen) atoms. The molecular formula is C22H33IN4O3. The van der Waals surface area contributed by atoms with Crippen LogP contribution in [0.5, 0.6) is 11.6 Å². The van der Waals surface area contributed by atoms with Gasteiger partial charge in [-0.1, -0.05) is 24.3 Å². The zero-order valence-electron chi connectivity index (χ0n) is 18.2. The summed E-state index contributed by atoms with van der Waals surface area (Å²) in [7, 11) is 1.70. The van der Waals surface area contributed by atoms with Crippen LogP contribution >= 0.6 is 24.0 Å². The lowest BCUT2D eigenvalue weighted by Crippen LogP contribution is -2.45. The summed E-state index contributed by atoms with van der Waals surface area (Å²) in [5, 5.41) is 6.53. The van der Waals surface area contributed by atoms with E-state index in [0.717, 1.165) is 23.8 Å². The minimum Gasteiger partial charge on any atom is -0.490 e. The maximum absolute atomic E-state index is 5.62. The topological polar surface area (TPSA) is 77.0 Å². The lowest BCUT2D eigenvalue weighted by atomic mass is 10.1. The van der Waals surface area contributed by atoms with Gasteiger partial charge in [0, 0.05) is 32.5 Å². The average molecular weight is 528 g/mol. The minimum absolute atomic E-state index is 0. The first-order valence-corrected chi connectivity index (χ1v) is 9.85. The number of pyridine rings is 1. The van der Waals surface area contributed by atoms with Crippen molar-refractivity contribution < 1.29 is 14.2 Å². The molecular weight excluding hydrogens is 495 g/mol. The van der Waals surface area contributed by atoms with E-state index in [1.165, 1.54) is 0 Å². The van der Waals surface area contributed by atoms with E-state index in [4.69, 9.17) is 14.2 Å². The van der Waals surface area contributed by atoms with Crippen LogP contribution in [0.3, 0.4) is 0 Å². The van der Waals surface area contributed by atoms with Gasteiger partial charge in [0.05, 0.1) is 12.1 Å². The van der Waals surface area contributed by atoms with Gasteiger partial charge in [-0.15, -0.1) is 24.0 Å². The third-order valence-electron chi connectivity index (χ3n) is 4.14. The number of aromatic nitrogens is 1. The molecule has 0 radical (unpaired) electrons. The lowest BCUT2D eigenvalue weighted by molar-refractivity contribution is 0.0268. The molecule has 0 saturated heterocycles. The van der Waals surface area contributed by atoms with Gasteiger partial charge in [-0.3, -0.25) is 0 Å². The maximum atomic E-state index is 5.62. The third kappa shape index (κ3) is 10.1. The zero-order chi connectivity index (χ0) is 21.0. The van der Waals surface area contributed by atoms with E-state index in [1.807, 2.05) is 63.2 Å². The van der Waals surface area contributed by atoms with Gasteiger partial charge < -0.3 is 24.8 Å². The molecule has 0 aliphatic carbocycles. The van der Waals surface area contributed by atoms with E-state index in [1.54, 1.807) is 13.3 Å². The number of hydrogen-bond donors (Lipinski definition) is 2. The molecule has 0 atom stereocenters. The van der Waals surface area contributed by atoms with Gasteiger partial charge in [0.2, 0.25) is 5.88 Å². The lowest BCUT2D eigenvalue weighted by Gasteiger charge is -2.24. The Morgan fingerprint density at radius 3 is 2.40 bits per heavy atom. The molecule has 166 valence electrons. The Kier molecular flexibility index (Phi) is 12.1. The number of para-hydroxylation sites is 1. The molecule has 2 aromatic rings. The van der Waals surface area contributed by atoms with Crippen LogP contribution in [0.4, 0.5) is 0 Å². The molecule has 0 spiro atoms. The van der Waals surface area contributed by atoms with Crippen LogP contribution in [0, 0.1) is 0 Å². The Labute approximate surface area is 196 Å². The predicted octanol–water partition coefficient (Wildman–Crippen LogP) is 3.64. The van der Waals surface area contributed by atoms with Gasteiger partial charge in [-0.25, -0.2) is 9.98 Å². The molecule has 0 fully saturated rings. The van der Waals surface area contributed by atoms with Crippen LogP contribution in [0.25, 0.3) is 0 Å². The maximum Gasteiger partial charge on any atom is 0.213 e. The van der Waals surface area contributed by atoms with Crippen LogP contribution < -0.4 is 20.1 Å². The molecule has 0 unspecified atom stereocenters. The highest BCUT2D eigenvalue weighted by molar-refractivity contribution is 14.0. The van der Waals surface area contributed by atoms with Crippen molar-refractivity contribution >= 4 is 29.9 Å². The number of aliphatic imine (C=N–C) groups is 1. The van der Waals surface area contributed by atoms with Crippen molar-refractivity contribution in [3.63, 3.8) is 0 Å². The van der Waals surface area contributed by atoms with E-state index in [9.17, 15) is 0 Å². The minimum atomic E-state index is -0.263. The smallest absolute Gasteiger partial charge is 0.213 e. The van der Waals surface area contributed by atoms with Crippen LogP contribution in [0.2, 0.25) is 0 Å². The normalized spacial score (nSPS) is 11.4. The Balaban J connectivity index is 0.00000450. The summed E-state index contributed by atoms with van der Waals surface area (Å²) >= 11 is 0. The molecule has 7 nitrogen and oxygen atoms in total. The molecule has 2 N–H and O–H groups in total. The van der Waals surface area contributed by atoms with Gasteiger partial charge in [0.25, 0.3) is 0 Å². The van der Waals surface area contributed by atoms with Crippen molar-refractivity contribution in [2.75, 3.05) is 33.4 Å². The van der Waals surface area contributed by atoms with Gasteiger partial charge in [0.1, 0.15) is 19.0 Å². The number of nitrogens with one attached hydrogen (secondary N) is 2. The number of benzene rings is 1. The number of methoxy groups -OCH3 is 1. The molecule has 0 amide bonds. The molecule has 1 aromatic carbocycles. The highest BCUT2D eigenvalue weighted by Gasteiger charge is 2.16. The zero-order valence-corrected chi connectivity index (χ0v) is 20.5. The number of ether oxygens (including phenoxy) is 3. The Bertz CT molecular complexity index is 740. The SMILES string of the molecule is CCNC(=NCc1ccc(OCCOc2ccccc2)nc1)NCC(C)(C)OC.I. The van der Waals surface area contributed by atoms with Crippen molar-refractivity contribution in [1.29, 1.82) is 0 Å². The first kappa shape index (κ1) is 26.0. The number of nitrogens with zero attached hydrogens (tertiary/aromatic N) is 2. The fraction of sp³-hybridized carbons (Fsp3) is 0.455. The molecule has 8 heteroatoms. The molecule has 0 saturated carbocycles. The van der Waals surface area contributed by atoms with Gasteiger partial charge in [-0.05, 0) is 38.5 Å². The Hall–Kier alpha value is -2.07. The van der Waals surface area contributed by atoms with E-state index in [0.29, 0.717) is 32.2 Å². The van der Waals surface area contributed by atoms with Crippen molar-refractivity contribution in [3.8, 4) is 11.6 Å². The van der Waals surface area contributed by atoms with Crippen molar-refractivity contribution in [1.82, 2.24) is 15.6 Å². The summed E-state index contributed by atoms with van der Waals surface area (Å²) in [6, 6.07) is 13.5. The monoisotopic (exact) mass is 528 g/mol. The van der Waals surface area contributed by atoms with Crippen LogP contribution in [0.15, 0.2) is 53.7 Å². The molecule has 0 bridgehead atoms. The molecule has 0 aliphatic rings. The highest BCUT2D eigenvalue weighted by Crippen LogP contribution is 2.10. The van der Waals surface area contributed by atoms with Crippen molar-refractivity contribution in [2.24, 2.45) is 4.99 Å². The van der Waals surface area contributed by atoms with Gasteiger partial charge >= 0.3 is 0 Å². The molecule has 2 rings (SSSR count). The van der Waals surface area contributed by atoms with Crippen LogP contribution in [-0.4, -0.2) is 50.0 Å². The van der Waals surface area contributed by atoms with Gasteiger partial charge in [-0.2, -0.15) is 0 Å². The van der Waals surface area contributed by atoms with Crippen LogP contribution in [0.1, 0.15) is 26.3 Å². The standard InChI is InChI=1S/C22H32N4O3.HI/c1-5-23-21(26-17-22(2,3)27-4)25-16-18-11-12-20(24-15-18)29-14-13-28-19-9-7-6-8-10-19;/h6-12,15H,5,13-14,16-17H2,1-4H3,(H2,23,25,26);1H. The number of hydrogen-bond acceptors (Lipinski definition) is 5. The number of rotatable bonds is 11. The van der Waals surface area contributed by atoms with Crippen LogP contribution in [-0.2, 0) is 11.3 Å². The highest BCUT2D eigenvalue weighted by atomic mass is 127. The first-order chi connectivity index (χ1) is 14.0. The summed E-state index contributed by atoms with van der Waals surface area (Å²) in [6.07, 6.45) is 1.78. The average Bonchev–Trinajstić information content (AvgIpc) is 2.75. The third-order valence-corrected chi connectivity index (χ3v) is 4.14. The number of halogens is 1. The fourth-order valence-electron chi connectivity index (χ4n) is 2.29. The van der Waals surface area contributed by atoms with Crippen molar-refractivity contribution in [3.05, 3.63) is 54.2 Å². The second-order valence-corrected chi connectivity index (χ2v) is 7.03. The quantitative estimate of drug-likeness (QED) is 0.201. The Morgan fingerprint density at radius 1 is 1.03 bits per heavy atom. The largest absolute Gasteiger partial charge is 0.490 e. The summed E-state index contributed by atoms with van der Waals surface area (Å²) in [5.74, 6) is 2.15. The molecule has 0 aliphatic heterocycles. The second kappa shape index (κ2) is 14.0. The van der Waals surface area contributed by atoms with E-state index in [2.05, 4.69) is 20.6 Å². The van der Waals surface area contributed by atoms with Crippen molar-refractivity contribution in [2.45, 2.75) is 32.9 Å². The molecule has 1 heterocycles. The summed E-state index contributed by atoms with van der Waals surface area (Å²) in [6.45, 7) is 8.95. The summed E-state index contributed by atoms with van der Waals surface area (Å²) in [5.41, 5.74) is 0.738. The second-order valence-electron chi connectivity index (χ2n) is 7.03. The van der Waals surface area contributed by atoms with E-state index in [-0.39, 0.29) is 29.6 Å². The van der Waals surface area contributed by atoms with E-state index < -0.39 is 0 Å². The first-order valence-electron chi connectivity index (χ1n) is 9.85. The van der Waals surface area contributed by atoms with E-state index >= 15 is 0 Å². The Morgan fingerprint density at radius 2 is 1.77 bits per heavy atom. The molecule has 1 aromatic heterocycles. The number of guanidine groups is 1. The van der Waals surface area contributed by atoms with Gasteiger partial charge in [0.15, 0.2) is 5.96 Å². The summed E-state index contributed by atoms with van der Waals surface area (Å²) < 4.78 is 16.7. The fourth-order valence-corrected chi connectivity index (χ4v) is 2.29.